The topological polar surface area (TPSA) is 40.5 Å². The van der Waals surface area contributed by atoms with Crippen LogP contribution in [0.25, 0.3) is 6.08 Å². The highest BCUT2D eigenvalue weighted by molar-refractivity contribution is 9.10. The predicted molar refractivity (Wildman–Crippen MR) is 95.9 cm³/mol. The van der Waals surface area contributed by atoms with Gasteiger partial charge < -0.3 is 10.2 Å². The third-order valence-electron chi connectivity index (χ3n) is 4.32. The average molecular weight is 363 g/mol. The summed E-state index contributed by atoms with van der Waals surface area (Å²) >= 11 is 3.19. The lowest BCUT2D eigenvalue weighted by Gasteiger charge is -2.38. The molecule has 0 fully saturated rings. The van der Waals surface area contributed by atoms with Gasteiger partial charge in [0.1, 0.15) is 11.5 Å². The van der Waals surface area contributed by atoms with Crippen LogP contribution >= 0.6 is 15.9 Å². The Hall–Kier alpha value is -1.48. The van der Waals surface area contributed by atoms with Gasteiger partial charge in [-0.15, -0.1) is 0 Å². The third kappa shape index (κ3) is 3.64. The minimum absolute atomic E-state index is 0.124. The van der Waals surface area contributed by atoms with Gasteiger partial charge in [-0.05, 0) is 59.2 Å². The zero-order chi connectivity index (χ0) is 16.5. The van der Waals surface area contributed by atoms with E-state index in [2.05, 4.69) is 55.4 Å². The van der Waals surface area contributed by atoms with E-state index < -0.39 is 0 Å². The van der Waals surface area contributed by atoms with Crippen molar-refractivity contribution in [2.45, 2.75) is 33.6 Å². The molecule has 1 aliphatic carbocycles. The first-order valence-electron chi connectivity index (χ1n) is 7.44. The smallest absolute Gasteiger partial charge is 0.130 e. The van der Waals surface area contributed by atoms with Gasteiger partial charge in [0, 0.05) is 5.56 Å². The quantitative estimate of drug-likeness (QED) is 0.665. The number of hydrogen-bond donors (Lipinski definition) is 2. The molecule has 0 aliphatic heterocycles. The SMILES string of the molecule is C=C1C=C(C)CC(C)(C)C1C/C=C/c1cc(O)c(Br)cc1O. The van der Waals surface area contributed by atoms with E-state index in [4.69, 9.17) is 0 Å². The second-order valence-corrected chi connectivity index (χ2v) is 7.64. The largest absolute Gasteiger partial charge is 0.507 e. The lowest BCUT2D eigenvalue weighted by Crippen LogP contribution is -2.28. The summed E-state index contributed by atoms with van der Waals surface area (Å²) in [6.45, 7) is 10.9. The summed E-state index contributed by atoms with van der Waals surface area (Å²) < 4.78 is 0.490. The molecule has 1 aliphatic rings. The fraction of sp³-hybridized carbons (Fsp3) is 0.368. The van der Waals surface area contributed by atoms with E-state index in [-0.39, 0.29) is 16.9 Å². The molecule has 0 bridgehead atoms. The highest BCUT2D eigenvalue weighted by Gasteiger charge is 2.33. The van der Waals surface area contributed by atoms with Crippen LogP contribution in [-0.4, -0.2) is 10.2 Å². The normalized spacial score (nSPS) is 21.2. The van der Waals surface area contributed by atoms with Crippen molar-refractivity contribution in [3.63, 3.8) is 0 Å². The van der Waals surface area contributed by atoms with Crippen LogP contribution in [0.5, 0.6) is 11.5 Å². The summed E-state index contributed by atoms with van der Waals surface area (Å²) in [4.78, 5) is 0. The minimum Gasteiger partial charge on any atom is -0.507 e. The zero-order valence-electron chi connectivity index (χ0n) is 13.4. The zero-order valence-corrected chi connectivity index (χ0v) is 14.9. The van der Waals surface area contributed by atoms with Gasteiger partial charge in [0.2, 0.25) is 0 Å². The Balaban J connectivity index is 2.16. The average Bonchev–Trinajstić information content (AvgIpc) is 2.37. The van der Waals surface area contributed by atoms with Gasteiger partial charge in [0.25, 0.3) is 0 Å². The molecule has 0 saturated carbocycles. The molecule has 1 unspecified atom stereocenters. The van der Waals surface area contributed by atoms with Crippen molar-refractivity contribution in [2.75, 3.05) is 0 Å². The summed E-state index contributed by atoms with van der Waals surface area (Å²) in [5, 5.41) is 19.6. The lowest BCUT2D eigenvalue weighted by atomic mass is 9.66. The second kappa shape index (κ2) is 6.33. The Morgan fingerprint density at radius 1 is 1.32 bits per heavy atom. The van der Waals surface area contributed by atoms with Gasteiger partial charge in [-0.3, -0.25) is 0 Å². The molecular formula is C19H23BrO2. The molecule has 2 rings (SSSR count). The molecule has 1 aromatic rings. The van der Waals surface area contributed by atoms with Gasteiger partial charge in [-0.25, -0.2) is 0 Å². The molecule has 0 amide bonds. The molecule has 22 heavy (non-hydrogen) atoms. The van der Waals surface area contributed by atoms with Crippen molar-refractivity contribution in [1.82, 2.24) is 0 Å². The predicted octanol–water partition coefficient (Wildman–Crippen LogP) is 5.81. The van der Waals surface area contributed by atoms with Gasteiger partial charge in [-0.1, -0.05) is 49.8 Å². The molecular weight excluding hydrogens is 340 g/mol. The van der Waals surface area contributed by atoms with Crippen LogP contribution in [-0.2, 0) is 0 Å². The molecule has 0 aromatic heterocycles. The van der Waals surface area contributed by atoms with Crippen molar-refractivity contribution in [1.29, 1.82) is 0 Å². The molecule has 118 valence electrons. The van der Waals surface area contributed by atoms with E-state index in [1.54, 1.807) is 6.07 Å². The highest BCUT2D eigenvalue weighted by Crippen LogP contribution is 2.44. The van der Waals surface area contributed by atoms with E-state index in [0.29, 0.717) is 16.0 Å². The molecule has 0 heterocycles. The van der Waals surface area contributed by atoms with Crippen LogP contribution in [0.2, 0.25) is 0 Å². The van der Waals surface area contributed by atoms with E-state index in [9.17, 15) is 10.2 Å². The molecule has 1 atom stereocenters. The van der Waals surface area contributed by atoms with Gasteiger partial charge in [0.05, 0.1) is 4.47 Å². The van der Waals surface area contributed by atoms with E-state index >= 15 is 0 Å². The van der Waals surface area contributed by atoms with E-state index in [1.807, 2.05) is 6.08 Å². The Morgan fingerprint density at radius 3 is 2.64 bits per heavy atom. The fourth-order valence-corrected chi connectivity index (χ4v) is 3.65. The molecule has 1 aromatic carbocycles. The number of halogens is 1. The minimum atomic E-state index is 0.124. The van der Waals surface area contributed by atoms with Crippen molar-refractivity contribution in [2.24, 2.45) is 11.3 Å². The summed E-state index contributed by atoms with van der Waals surface area (Å²) in [6, 6.07) is 3.06. The third-order valence-corrected chi connectivity index (χ3v) is 4.96. The number of rotatable bonds is 3. The van der Waals surface area contributed by atoms with E-state index in [1.165, 1.54) is 17.2 Å². The number of hydrogen-bond acceptors (Lipinski definition) is 2. The number of benzene rings is 1. The summed E-state index contributed by atoms with van der Waals surface area (Å²) in [6.07, 6.45) is 8.04. The van der Waals surface area contributed by atoms with Gasteiger partial charge >= 0.3 is 0 Å². The van der Waals surface area contributed by atoms with Crippen LogP contribution in [0.4, 0.5) is 0 Å². The van der Waals surface area contributed by atoms with Crippen LogP contribution in [0.3, 0.4) is 0 Å². The Bertz CT molecular complexity index is 654. The number of aromatic hydroxyl groups is 2. The summed E-state index contributed by atoms with van der Waals surface area (Å²) in [7, 11) is 0. The number of phenols is 2. The number of allylic oxidation sites excluding steroid dienone is 4. The van der Waals surface area contributed by atoms with Crippen molar-refractivity contribution >= 4 is 22.0 Å². The van der Waals surface area contributed by atoms with Crippen molar-refractivity contribution < 1.29 is 10.2 Å². The first kappa shape index (κ1) is 16.9. The fourth-order valence-electron chi connectivity index (χ4n) is 3.31. The maximum Gasteiger partial charge on any atom is 0.130 e. The first-order chi connectivity index (χ1) is 10.2. The molecule has 0 radical (unpaired) electrons. The highest BCUT2D eigenvalue weighted by atomic mass is 79.9. The van der Waals surface area contributed by atoms with Crippen molar-refractivity contribution in [3.8, 4) is 11.5 Å². The van der Waals surface area contributed by atoms with Gasteiger partial charge in [-0.2, -0.15) is 0 Å². The van der Waals surface area contributed by atoms with Crippen LogP contribution in [0.1, 0.15) is 39.2 Å². The van der Waals surface area contributed by atoms with Crippen molar-refractivity contribution in [3.05, 3.63) is 52.0 Å². The Kier molecular flexibility index (Phi) is 4.86. The molecule has 3 heteroatoms. The first-order valence-corrected chi connectivity index (χ1v) is 8.24. The maximum atomic E-state index is 9.92. The Labute approximate surface area is 141 Å². The molecule has 0 spiro atoms. The van der Waals surface area contributed by atoms with Crippen LogP contribution in [0, 0.1) is 11.3 Å². The Morgan fingerprint density at radius 2 is 2.00 bits per heavy atom. The molecule has 2 N–H and O–H groups in total. The monoisotopic (exact) mass is 362 g/mol. The van der Waals surface area contributed by atoms with Crippen LogP contribution < -0.4 is 0 Å². The summed E-state index contributed by atoms with van der Waals surface area (Å²) in [5.41, 5.74) is 3.35. The number of phenolic OH excluding ortho intramolecular Hbond substituents is 2. The van der Waals surface area contributed by atoms with Gasteiger partial charge in [0.15, 0.2) is 0 Å². The maximum absolute atomic E-state index is 9.92. The molecule has 2 nitrogen and oxygen atoms in total. The summed E-state index contributed by atoms with van der Waals surface area (Å²) in [5.74, 6) is 0.662. The lowest BCUT2D eigenvalue weighted by molar-refractivity contribution is 0.241. The van der Waals surface area contributed by atoms with Crippen LogP contribution in [0.15, 0.2) is 46.5 Å². The standard InChI is InChI=1S/C19H23BrO2/c1-12-8-13(2)15(19(3,4)11-12)7-5-6-14-9-18(22)16(20)10-17(14)21/h5-6,8-10,15,21-22H,2,7,11H2,1,3-4H3/b6-5+. The second-order valence-electron chi connectivity index (χ2n) is 6.78. The molecule has 0 saturated heterocycles. The van der Waals surface area contributed by atoms with E-state index in [0.717, 1.165) is 12.8 Å².